The molecule has 0 radical (unpaired) electrons. The number of carbonyl (C=O) groups is 1. The lowest BCUT2D eigenvalue weighted by Gasteiger charge is -2.12. The summed E-state index contributed by atoms with van der Waals surface area (Å²) in [5, 5.41) is 4.98. The second kappa shape index (κ2) is 8.46. The maximum atomic E-state index is 12.9. The molecule has 9 heteroatoms. The van der Waals surface area contributed by atoms with Crippen molar-refractivity contribution in [3.63, 3.8) is 0 Å². The summed E-state index contributed by atoms with van der Waals surface area (Å²) in [6.45, 7) is -0.109. The first-order valence-electron chi connectivity index (χ1n) is 9.83. The fraction of sp³-hybridized carbons (Fsp3) is 0.174. The smallest absolute Gasteiger partial charge is 0.359 e. The summed E-state index contributed by atoms with van der Waals surface area (Å²) < 4.78 is 8.79. The van der Waals surface area contributed by atoms with Crippen LogP contribution in [0.1, 0.15) is 21.7 Å². The molecule has 0 saturated carbocycles. The van der Waals surface area contributed by atoms with Gasteiger partial charge in [-0.05, 0) is 11.6 Å². The quantitative estimate of drug-likeness (QED) is 0.439. The van der Waals surface area contributed by atoms with Crippen LogP contribution in [0.3, 0.4) is 0 Å². The number of fused-ring (bicyclic) bond motifs is 1. The van der Waals surface area contributed by atoms with Crippen molar-refractivity contribution < 1.29 is 9.53 Å². The molecule has 4 aromatic rings. The third-order valence-electron chi connectivity index (χ3n) is 5.21. The third-order valence-corrected chi connectivity index (χ3v) is 5.21. The van der Waals surface area contributed by atoms with Crippen molar-refractivity contribution in [3.05, 3.63) is 109 Å². The number of rotatable bonds is 5. The van der Waals surface area contributed by atoms with E-state index in [0.717, 1.165) is 10.1 Å². The van der Waals surface area contributed by atoms with E-state index in [9.17, 15) is 19.2 Å². The Morgan fingerprint density at radius 2 is 1.56 bits per heavy atom. The zero-order valence-electron chi connectivity index (χ0n) is 17.5. The van der Waals surface area contributed by atoms with Crippen LogP contribution >= 0.6 is 0 Å². The molecule has 32 heavy (non-hydrogen) atoms. The van der Waals surface area contributed by atoms with Gasteiger partial charge < -0.3 is 4.74 Å². The van der Waals surface area contributed by atoms with Gasteiger partial charge in [-0.2, -0.15) is 5.10 Å². The summed E-state index contributed by atoms with van der Waals surface area (Å²) in [6.07, 6.45) is 0. The van der Waals surface area contributed by atoms with Gasteiger partial charge >= 0.3 is 11.7 Å². The minimum atomic E-state index is -0.767. The van der Waals surface area contributed by atoms with E-state index < -0.39 is 17.2 Å². The second-order valence-corrected chi connectivity index (χ2v) is 7.29. The van der Waals surface area contributed by atoms with Crippen LogP contribution in [0, 0.1) is 0 Å². The first-order chi connectivity index (χ1) is 15.4. The van der Waals surface area contributed by atoms with E-state index in [1.54, 1.807) is 24.3 Å². The molecular formula is C23H20N4O5. The average Bonchev–Trinajstić information content (AvgIpc) is 2.81. The summed E-state index contributed by atoms with van der Waals surface area (Å²) in [5.74, 6) is -0.767. The Morgan fingerprint density at radius 1 is 0.906 bits per heavy atom. The molecule has 0 amide bonds. The fourth-order valence-electron chi connectivity index (χ4n) is 3.37. The highest BCUT2D eigenvalue weighted by molar-refractivity contribution is 6.02. The standard InChI is InChI=1S/C23H20N4O5/c1-25-16(12-19(28)26(2)23(25)31)14-32-22(30)20-17-10-6-7-11-18(17)21(29)27(24-20)13-15-8-4-3-5-9-15/h3-12H,13-14H2,1-2H3. The Balaban J connectivity index is 1.71. The summed E-state index contributed by atoms with van der Waals surface area (Å²) in [5.41, 5.74) is -0.275. The van der Waals surface area contributed by atoms with Gasteiger partial charge in [0.05, 0.1) is 17.6 Å². The average molecular weight is 432 g/mol. The van der Waals surface area contributed by atoms with E-state index in [4.69, 9.17) is 4.74 Å². The van der Waals surface area contributed by atoms with Crippen LogP contribution in [0.4, 0.5) is 0 Å². The number of esters is 1. The van der Waals surface area contributed by atoms with Crippen LogP contribution in [-0.2, 0) is 32.0 Å². The molecule has 0 atom stereocenters. The minimum Gasteiger partial charge on any atom is -0.454 e. The maximum absolute atomic E-state index is 12.9. The summed E-state index contributed by atoms with van der Waals surface area (Å²) in [6, 6.07) is 17.2. The van der Waals surface area contributed by atoms with E-state index in [2.05, 4.69) is 5.10 Å². The zero-order valence-corrected chi connectivity index (χ0v) is 17.5. The predicted octanol–water partition coefficient (Wildman–Crippen LogP) is 1.20. The number of benzene rings is 2. The van der Waals surface area contributed by atoms with Gasteiger partial charge in [-0.25, -0.2) is 14.3 Å². The molecule has 0 aliphatic carbocycles. The molecule has 0 aliphatic heterocycles. The predicted molar refractivity (Wildman–Crippen MR) is 118 cm³/mol. The molecule has 0 unspecified atom stereocenters. The van der Waals surface area contributed by atoms with Gasteiger partial charge in [0.2, 0.25) is 0 Å². The molecule has 2 aromatic carbocycles. The molecule has 0 saturated heterocycles. The van der Waals surface area contributed by atoms with Crippen molar-refractivity contribution in [2.24, 2.45) is 14.1 Å². The number of ether oxygens (including phenoxy) is 1. The van der Waals surface area contributed by atoms with Gasteiger partial charge in [0.15, 0.2) is 5.69 Å². The molecule has 0 spiro atoms. The normalized spacial score (nSPS) is 10.9. The van der Waals surface area contributed by atoms with Crippen LogP contribution in [0.15, 0.2) is 75.0 Å². The number of carbonyl (C=O) groups excluding carboxylic acids is 1. The summed E-state index contributed by atoms with van der Waals surface area (Å²) in [7, 11) is 2.85. The van der Waals surface area contributed by atoms with E-state index in [1.807, 2.05) is 30.3 Å². The van der Waals surface area contributed by atoms with Crippen LogP contribution < -0.4 is 16.8 Å². The van der Waals surface area contributed by atoms with Gasteiger partial charge in [0.25, 0.3) is 11.1 Å². The molecule has 162 valence electrons. The van der Waals surface area contributed by atoms with Crippen molar-refractivity contribution in [2.45, 2.75) is 13.2 Å². The molecule has 0 N–H and O–H groups in total. The van der Waals surface area contributed by atoms with E-state index in [-0.39, 0.29) is 30.1 Å². The molecule has 2 heterocycles. The lowest BCUT2D eigenvalue weighted by atomic mass is 10.1. The van der Waals surface area contributed by atoms with Gasteiger partial charge in [0.1, 0.15) is 6.61 Å². The molecular weight excluding hydrogens is 412 g/mol. The van der Waals surface area contributed by atoms with E-state index in [0.29, 0.717) is 10.8 Å². The first-order valence-corrected chi connectivity index (χ1v) is 9.83. The Kier molecular flexibility index (Phi) is 5.55. The molecule has 0 bridgehead atoms. The molecule has 4 rings (SSSR count). The topological polar surface area (TPSA) is 105 Å². The van der Waals surface area contributed by atoms with Crippen LogP contribution in [0.2, 0.25) is 0 Å². The molecule has 0 fully saturated rings. The van der Waals surface area contributed by atoms with Crippen LogP contribution in [-0.4, -0.2) is 24.9 Å². The SMILES string of the molecule is Cn1c(COC(=O)c2nn(Cc3ccccc3)c(=O)c3ccccc23)cc(=O)n(C)c1=O. The maximum Gasteiger partial charge on any atom is 0.359 e. The monoisotopic (exact) mass is 432 g/mol. The largest absolute Gasteiger partial charge is 0.454 e. The Hall–Kier alpha value is -4.27. The van der Waals surface area contributed by atoms with Crippen molar-refractivity contribution in [2.75, 3.05) is 0 Å². The van der Waals surface area contributed by atoms with Crippen molar-refractivity contribution >= 4 is 16.7 Å². The highest BCUT2D eigenvalue weighted by Gasteiger charge is 2.19. The van der Waals surface area contributed by atoms with Crippen LogP contribution in [0.5, 0.6) is 0 Å². The second-order valence-electron chi connectivity index (χ2n) is 7.29. The highest BCUT2D eigenvalue weighted by Crippen LogP contribution is 2.15. The van der Waals surface area contributed by atoms with Crippen molar-refractivity contribution in [3.8, 4) is 0 Å². The third kappa shape index (κ3) is 3.87. The van der Waals surface area contributed by atoms with E-state index in [1.165, 1.54) is 29.4 Å². The van der Waals surface area contributed by atoms with Crippen molar-refractivity contribution in [1.29, 1.82) is 0 Å². The van der Waals surface area contributed by atoms with Crippen molar-refractivity contribution in [1.82, 2.24) is 18.9 Å². The Labute approximate surface area is 181 Å². The Bertz CT molecular complexity index is 1500. The van der Waals surface area contributed by atoms with Gasteiger partial charge in [0, 0.05) is 25.5 Å². The summed E-state index contributed by atoms with van der Waals surface area (Å²) in [4.78, 5) is 49.8. The van der Waals surface area contributed by atoms with Gasteiger partial charge in [-0.15, -0.1) is 0 Å². The number of nitrogens with zero attached hydrogens (tertiary/aromatic N) is 4. The fourth-order valence-corrected chi connectivity index (χ4v) is 3.37. The number of hydrogen-bond acceptors (Lipinski definition) is 6. The minimum absolute atomic E-state index is 0.0232. The summed E-state index contributed by atoms with van der Waals surface area (Å²) >= 11 is 0. The molecule has 2 aromatic heterocycles. The van der Waals surface area contributed by atoms with Gasteiger partial charge in [-0.3, -0.25) is 18.7 Å². The van der Waals surface area contributed by atoms with Gasteiger partial charge in [-0.1, -0.05) is 48.5 Å². The lowest BCUT2D eigenvalue weighted by Crippen LogP contribution is -2.38. The zero-order chi connectivity index (χ0) is 22.8. The lowest BCUT2D eigenvalue weighted by molar-refractivity contribution is 0.0455. The van der Waals surface area contributed by atoms with Crippen LogP contribution in [0.25, 0.3) is 10.8 Å². The first kappa shape index (κ1) is 21.0. The molecule has 0 aliphatic rings. The number of aromatic nitrogens is 4. The Morgan fingerprint density at radius 3 is 2.28 bits per heavy atom. The highest BCUT2D eigenvalue weighted by atomic mass is 16.5. The molecule has 9 nitrogen and oxygen atoms in total. The van der Waals surface area contributed by atoms with E-state index >= 15 is 0 Å². The number of hydrogen-bond donors (Lipinski definition) is 0.